The van der Waals surface area contributed by atoms with Crippen molar-refractivity contribution in [2.75, 3.05) is 18.4 Å². The van der Waals surface area contributed by atoms with Gasteiger partial charge in [0.25, 0.3) is 5.91 Å². The number of carbonyl (C=O) groups is 2. The van der Waals surface area contributed by atoms with Gasteiger partial charge in [-0.15, -0.1) is 12.4 Å². The van der Waals surface area contributed by atoms with Crippen molar-refractivity contribution in [3.63, 3.8) is 0 Å². The summed E-state index contributed by atoms with van der Waals surface area (Å²) in [6, 6.07) is 5.81. The Hall–Kier alpha value is -2.38. The third-order valence-corrected chi connectivity index (χ3v) is 4.18. The number of para-hydroxylation sites is 1. The molecule has 2 aromatic rings. The molecule has 4 N–H and O–H groups in total. The molecular weight excluding hydrogens is 342 g/mol. The first-order valence-electron chi connectivity index (χ1n) is 7.97. The van der Waals surface area contributed by atoms with Crippen molar-refractivity contribution < 1.29 is 9.59 Å². The van der Waals surface area contributed by atoms with Crippen molar-refractivity contribution in [3.8, 4) is 0 Å². The molecule has 7 nitrogen and oxygen atoms in total. The molecule has 0 unspecified atom stereocenters. The number of H-pyrrole nitrogens is 1. The molecule has 1 aromatic heterocycles. The molecule has 1 aliphatic rings. The van der Waals surface area contributed by atoms with E-state index in [-0.39, 0.29) is 30.8 Å². The van der Waals surface area contributed by atoms with Gasteiger partial charge < -0.3 is 16.0 Å². The van der Waals surface area contributed by atoms with E-state index in [4.69, 9.17) is 0 Å². The third-order valence-electron chi connectivity index (χ3n) is 4.18. The Balaban J connectivity index is 0.00000225. The molecular formula is C17H22ClN5O2. The SMILES string of the molecule is Cc1cccc(C)c1NC(=O)CNC(=O)c1n[nH]c2c1CNCC2.Cl. The van der Waals surface area contributed by atoms with Crippen molar-refractivity contribution in [2.24, 2.45) is 0 Å². The van der Waals surface area contributed by atoms with Crippen LogP contribution in [0.2, 0.25) is 0 Å². The Kier molecular flexibility index (Phi) is 6.17. The monoisotopic (exact) mass is 363 g/mol. The molecule has 2 amide bonds. The largest absolute Gasteiger partial charge is 0.342 e. The highest BCUT2D eigenvalue weighted by Crippen LogP contribution is 2.19. The zero-order valence-electron chi connectivity index (χ0n) is 14.2. The highest BCUT2D eigenvalue weighted by molar-refractivity contribution is 5.99. The van der Waals surface area contributed by atoms with Crippen LogP contribution < -0.4 is 16.0 Å². The standard InChI is InChI=1S/C17H21N5O2.ClH/c1-10-4-3-5-11(2)15(10)20-14(23)9-19-17(24)16-12-8-18-7-6-13(12)21-22-16;/h3-5,18H,6-9H2,1-2H3,(H,19,24)(H,20,23)(H,21,22);1H. The molecule has 134 valence electrons. The van der Waals surface area contributed by atoms with Crippen LogP contribution in [-0.4, -0.2) is 35.1 Å². The van der Waals surface area contributed by atoms with Crippen molar-refractivity contribution in [1.29, 1.82) is 0 Å². The first-order valence-corrected chi connectivity index (χ1v) is 7.97. The molecule has 0 bridgehead atoms. The summed E-state index contributed by atoms with van der Waals surface area (Å²) in [7, 11) is 0. The average Bonchev–Trinajstić information content (AvgIpc) is 3.00. The molecule has 2 heterocycles. The predicted molar refractivity (Wildman–Crippen MR) is 98.1 cm³/mol. The summed E-state index contributed by atoms with van der Waals surface area (Å²) in [4.78, 5) is 24.4. The molecule has 0 saturated heterocycles. The zero-order valence-corrected chi connectivity index (χ0v) is 15.0. The lowest BCUT2D eigenvalue weighted by Crippen LogP contribution is -2.34. The smallest absolute Gasteiger partial charge is 0.272 e. The first kappa shape index (κ1) is 19.0. The summed E-state index contributed by atoms with van der Waals surface area (Å²) in [5.74, 6) is -0.601. The van der Waals surface area contributed by atoms with Crippen LogP contribution in [0.3, 0.4) is 0 Å². The number of fused-ring (bicyclic) bond motifs is 1. The van der Waals surface area contributed by atoms with Gasteiger partial charge in [0.1, 0.15) is 0 Å². The normalized spacial score (nSPS) is 12.7. The average molecular weight is 364 g/mol. The van der Waals surface area contributed by atoms with Crippen molar-refractivity contribution in [1.82, 2.24) is 20.8 Å². The van der Waals surface area contributed by atoms with Gasteiger partial charge in [0, 0.05) is 36.5 Å². The number of hydrogen-bond acceptors (Lipinski definition) is 4. The number of aryl methyl sites for hydroxylation is 2. The lowest BCUT2D eigenvalue weighted by Gasteiger charge is -2.13. The lowest BCUT2D eigenvalue weighted by atomic mass is 10.1. The minimum atomic E-state index is -0.340. The Labute approximate surface area is 152 Å². The van der Waals surface area contributed by atoms with Crippen molar-refractivity contribution in [3.05, 3.63) is 46.3 Å². The van der Waals surface area contributed by atoms with E-state index in [0.717, 1.165) is 41.0 Å². The van der Waals surface area contributed by atoms with Gasteiger partial charge in [0.15, 0.2) is 5.69 Å². The number of aromatic amines is 1. The molecule has 3 rings (SSSR count). The second kappa shape index (κ2) is 8.13. The first-order chi connectivity index (χ1) is 11.6. The molecule has 25 heavy (non-hydrogen) atoms. The second-order valence-corrected chi connectivity index (χ2v) is 5.95. The van der Waals surface area contributed by atoms with E-state index in [2.05, 4.69) is 26.1 Å². The van der Waals surface area contributed by atoms with Gasteiger partial charge in [-0.1, -0.05) is 18.2 Å². The van der Waals surface area contributed by atoms with E-state index in [1.54, 1.807) is 0 Å². The fraction of sp³-hybridized carbons (Fsp3) is 0.353. The van der Waals surface area contributed by atoms with Gasteiger partial charge in [-0.05, 0) is 25.0 Å². The van der Waals surface area contributed by atoms with Crippen molar-refractivity contribution in [2.45, 2.75) is 26.8 Å². The van der Waals surface area contributed by atoms with Crippen molar-refractivity contribution >= 4 is 29.9 Å². The number of rotatable bonds is 4. The van der Waals surface area contributed by atoms with Crippen LogP contribution in [0.5, 0.6) is 0 Å². The number of halogens is 1. The number of nitrogens with one attached hydrogen (secondary N) is 4. The maximum atomic E-state index is 12.3. The summed E-state index contributed by atoms with van der Waals surface area (Å²) in [6.45, 7) is 5.26. The molecule has 1 aliphatic heterocycles. The molecule has 0 spiro atoms. The molecule has 1 aromatic carbocycles. The second-order valence-electron chi connectivity index (χ2n) is 5.95. The summed E-state index contributed by atoms with van der Waals surface area (Å²) in [5, 5.41) is 15.7. The number of anilines is 1. The Morgan fingerprint density at radius 3 is 2.68 bits per heavy atom. The minimum Gasteiger partial charge on any atom is -0.342 e. The number of carbonyl (C=O) groups excluding carboxylic acids is 2. The van der Waals surface area contributed by atoms with Crippen LogP contribution in [-0.2, 0) is 17.8 Å². The Morgan fingerprint density at radius 1 is 1.24 bits per heavy atom. The van der Waals surface area contributed by atoms with Crippen LogP contribution in [0, 0.1) is 13.8 Å². The highest BCUT2D eigenvalue weighted by Gasteiger charge is 2.21. The van der Waals surface area contributed by atoms with E-state index in [1.165, 1.54) is 0 Å². The number of benzene rings is 1. The zero-order chi connectivity index (χ0) is 17.1. The van der Waals surface area contributed by atoms with E-state index in [1.807, 2.05) is 32.0 Å². The van der Waals surface area contributed by atoms with Gasteiger partial charge >= 0.3 is 0 Å². The fourth-order valence-corrected chi connectivity index (χ4v) is 2.85. The Bertz CT molecular complexity index is 767. The summed E-state index contributed by atoms with van der Waals surface area (Å²) in [6.07, 6.45) is 0.822. The highest BCUT2D eigenvalue weighted by atomic mass is 35.5. The number of nitrogens with zero attached hydrogens (tertiary/aromatic N) is 1. The van der Waals surface area contributed by atoms with Gasteiger partial charge in [0.2, 0.25) is 5.91 Å². The third kappa shape index (κ3) is 4.18. The maximum absolute atomic E-state index is 12.3. The lowest BCUT2D eigenvalue weighted by molar-refractivity contribution is -0.115. The molecule has 0 fully saturated rings. The topological polar surface area (TPSA) is 98.9 Å². The molecule has 0 saturated carbocycles. The minimum absolute atomic E-state index is 0. The van der Waals surface area contributed by atoms with Crippen LogP contribution in [0.1, 0.15) is 32.9 Å². The molecule has 0 atom stereocenters. The fourth-order valence-electron chi connectivity index (χ4n) is 2.85. The van der Waals surface area contributed by atoms with Crippen LogP contribution in [0.25, 0.3) is 0 Å². The number of hydrogen-bond donors (Lipinski definition) is 4. The van der Waals surface area contributed by atoms with E-state index < -0.39 is 0 Å². The van der Waals surface area contributed by atoms with Gasteiger partial charge in [0.05, 0.1) is 6.54 Å². The van der Waals surface area contributed by atoms with Gasteiger partial charge in [-0.2, -0.15) is 5.10 Å². The number of aromatic nitrogens is 2. The van der Waals surface area contributed by atoms with Gasteiger partial charge in [-0.3, -0.25) is 14.7 Å². The van der Waals surface area contributed by atoms with E-state index in [9.17, 15) is 9.59 Å². The van der Waals surface area contributed by atoms with Gasteiger partial charge in [-0.25, -0.2) is 0 Å². The van der Waals surface area contributed by atoms with Crippen LogP contribution in [0.4, 0.5) is 5.69 Å². The Morgan fingerprint density at radius 2 is 1.96 bits per heavy atom. The van der Waals surface area contributed by atoms with E-state index >= 15 is 0 Å². The maximum Gasteiger partial charge on any atom is 0.272 e. The quantitative estimate of drug-likeness (QED) is 0.661. The molecule has 0 radical (unpaired) electrons. The summed E-state index contributed by atoms with van der Waals surface area (Å²) < 4.78 is 0. The van der Waals surface area contributed by atoms with Crippen LogP contribution in [0.15, 0.2) is 18.2 Å². The summed E-state index contributed by atoms with van der Waals surface area (Å²) in [5.41, 5.74) is 4.99. The molecule has 0 aliphatic carbocycles. The van der Waals surface area contributed by atoms with Crippen LogP contribution >= 0.6 is 12.4 Å². The number of amides is 2. The predicted octanol–water partition coefficient (Wildman–Crippen LogP) is 1.46. The summed E-state index contributed by atoms with van der Waals surface area (Å²) >= 11 is 0. The molecule has 8 heteroatoms. The van der Waals surface area contributed by atoms with E-state index in [0.29, 0.717) is 12.2 Å².